The van der Waals surface area contributed by atoms with Crippen LogP contribution in [-0.2, 0) is 12.8 Å². The molecule has 14 heavy (non-hydrogen) atoms. The lowest BCUT2D eigenvalue weighted by Gasteiger charge is -1.99. The van der Waals surface area contributed by atoms with Gasteiger partial charge in [-0.2, -0.15) is 18.2 Å². The van der Waals surface area contributed by atoms with E-state index in [4.69, 9.17) is 5.73 Å². The predicted molar refractivity (Wildman–Crippen MR) is 41.4 cm³/mol. The van der Waals surface area contributed by atoms with Crippen LogP contribution < -0.4 is 5.73 Å². The molecule has 0 radical (unpaired) electrons. The molecule has 0 saturated carbocycles. The Morgan fingerprint density at radius 3 is 2.64 bits per heavy atom. The maximum atomic E-state index is 11.9. The van der Waals surface area contributed by atoms with Crippen molar-refractivity contribution in [2.75, 3.05) is 6.54 Å². The monoisotopic (exact) mass is 209 g/mol. The number of hydrogen-bond acceptors (Lipinski definition) is 4. The summed E-state index contributed by atoms with van der Waals surface area (Å²) in [6.45, 7) is 0.448. The molecular formula is C7H10F3N3O. The number of alkyl halides is 3. The fourth-order valence-electron chi connectivity index (χ4n) is 0.895. The normalized spacial score (nSPS) is 12.0. The molecule has 80 valence electrons. The number of nitrogens with zero attached hydrogens (tertiary/aromatic N) is 2. The first-order valence-electron chi connectivity index (χ1n) is 4.09. The summed E-state index contributed by atoms with van der Waals surface area (Å²) in [5, 5.41) is 3.40. The molecule has 0 fully saturated rings. The van der Waals surface area contributed by atoms with Crippen molar-refractivity contribution in [3.63, 3.8) is 0 Å². The van der Waals surface area contributed by atoms with E-state index in [0.717, 1.165) is 0 Å². The van der Waals surface area contributed by atoms with Crippen molar-refractivity contribution >= 4 is 0 Å². The minimum atomic E-state index is -4.31. The number of halogens is 3. The molecule has 0 spiro atoms. The highest BCUT2D eigenvalue weighted by molar-refractivity contribution is 4.88. The van der Waals surface area contributed by atoms with Crippen LogP contribution in [0, 0.1) is 0 Å². The molecule has 4 nitrogen and oxygen atoms in total. The van der Waals surface area contributed by atoms with Crippen molar-refractivity contribution in [1.29, 1.82) is 0 Å². The summed E-state index contributed by atoms with van der Waals surface area (Å²) < 4.78 is 40.0. The molecule has 1 rings (SSSR count). The summed E-state index contributed by atoms with van der Waals surface area (Å²) in [6, 6.07) is 0. The van der Waals surface area contributed by atoms with Crippen molar-refractivity contribution in [1.82, 2.24) is 10.1 Å². The van der Waals surface area contributed by atoms with Crippen LogP contribution in [0.2, 0.25) is 0 Å². The molecule has 0 aliphatic heterocycles. The van der Waals surface area contributed by atoms with Crippen molar-refractivity contribution in [3.8, 4) is 0 Å². The molecule has 0 aliphatic carbocycles. The Morgan fingerprint density at radius 1 is 1.36 bits per heavy atom. The zero-order chi connectivity index (χ0) is 10.6. The quantitative estimate of drug-likeness (QED) is 0.805. The lowest BCUT2D eigenvalue weighted by atomic mass is 10.3. The van der Waals surface area contributed by atoms with Gasteiger partial charge in [-0.1, -0.05) is 5.16 Å². The summed E-state index contributed by atoms with van der Waals surface area (Å²) in [5.74, 6) is -0.126. The highest BCUT2D eigenvalue weighted by Crippen LogP contribution is 2.20. The molecule has 0 bridgehead atoms. The minimum Gasteiger partial charge on any atom is -0.339 e. The highest BCUT2D eigenvalue weighted by Gasteiger charge is 2.31. The van der Waals surface area contributed by atoms with E-state index >= 15 is 0 Å². The summed E-state index contributed by atoms with van der Waals surface area (Å²) >= 11 is 0. The van der Waals surface area contributed by atoms with E-state index in [2.05, 4.69) is 14.7 Å². The second-order valence-electron chi connectivity index (χ2n) is 2.79. The number of hydrogen-bond donors (Lipinski definition) is 1. The van der Waals surface area contributed by atoms with Crippen molar-refractivity contribution in [2.24, 2.45) is 5.73 Å². The van der Waals surface area contributed by atoms with E-state index in [9.17, 15) is 13.2 Å². The highest BCUT2D eigenvalue weighted by atomic mass is 19.4. The topological polar surface area (TPSA) is 64.9 Å². The molecular weight excluding hydrogens is 199 g/mol. The standard InChI is InChI=1S/C7H10F3N3O/c8-7(9,10)4-6-12-5(13-14-6)2-1-3-11/h1-4,11H2. The SMILES string of the molecule is NCCCc1noc(CC(F)(F)F)n1. The van der Waals surface area contributed by atoms with Gasteiger partial charge in [-0.05, 0) is 13.0 Å². The number of aromatic nitrogens is 2. The third kappa shape index (κ3) is 3.73. The molecule has 0 unspecified atom stereocenters. The van der Waals surface area contributed by atoms with E-state index in [-0.39, 0.29) is 5.82 Å². The Labute approximate surface area is 78.3 Å². The second kappa shape index (κ2) is 4.41. The summed E-state index contributed by atoms with van der Waals surface area (Å²) in [7, 11) is 0. The van der Waals surface area contributed by atoms with Gasteiger partial charge in [0.15, 0.2) is 5.82 Å². The first-order chi connectivity index (χ1) is 6.51. The molecule has 1 aromatic heterocycles. The van der Waals surface area contributed by atoms with Crippen molar-refractivity contribution < 1.29 is 17.7 Å². The molecule has 0 amide bonds. The fourth-order valence-corrected chi connectivity index (χ4v) is 0.895. The zero-order valence-electron chi connectivity index (χ0n) is 7.34. The number of nitrogens with two attached hydrogens (primary N) is 1. The van der Waals surface area contributed by atoms with Gasteiger partial charge in [0.1, 0.15) is 6.42 Å². The molecule has 0 saturated heterocycles. The zero-order valence-corrected chi connectivity index (χ0v) is 7.34. The van der Waals surface area contributed by atoms with E-state index < -0.39 is 18.5 Å². The van der Waals surface area contributed by atoms with Crippen molar-refractivity contribution in [2.45, 2.75) is 25.4 Å². The average Bonchev–Trinajstić information content (AvgIpc) is 2.46. The van der Waals surface area contributed by atoms with Gasteiger partial charge in [0.2, 0.25) is 5.89 Å². The third-order valence-corrected chi connectivity index (χ3v) is 1.47. The van der Waals surface area contributed by atoms with Crippen LogP contribution in [0.1, 0.15) is 18.1 Å². The Morgan fingerprint density at radius 2 is 2.07 bits per heavy atom. The lowest BCUT2D eigenvalue weighted by molar-refractivity contribution is -0.131. The first-order valence-corrected chi connectivity index (χ1v) is 4.09. The van der Waals surface area contributed by atoms with E-state index in [0.29, 0.717) is 19.4 Å². The van der Waals surface area contributed by atoms with Gasteiger partial charge in [-0.25, -0.2) is 0 Å². The number of rotatable bonds is 4. The smallest absolute Gasteiger partial charge is 0.339 e. The molecule has 7 heteroatoms. The fraction of sp³-hybridized carbons (Fsp3) is 0.714. The Balaban J connectivity index is 2.51. The maximum absolute atomic E-state index is 11.9. The second-order valence-corrected chi connectivity index (χ2v) is 2.79. The lowest BCUT2D eigenvalue weighted by Crippen LogP contribution is -2.11. The Bertz CT molecular complexity index is 284. The molecule has 0 aromatic carbocycles. The largest absolute Gasteiger partial charge is 0.397 e. The van der Waals surface area contributed by atoms with Crippen LogP contribution in [0.3, 0.4) is 0 Å². The van der Waals surface area contributed by atoms with Crippen molar-refractivity contribution in [3.05, 3.63) is 11.7 Å². The van der Waals surface area contributed by atoms with Gasteiger partial charge in [0.05, 0.1) is 0 Å². The van der Waals surface area contributed by atoms with Crippen LogP contribution in [0.5, 0.6) is 0 Å². The maximum Gasteiger partial charge on any atom is 0.397 e. The third-order valence-electron chi connectivity index (χ3n) is 1.47. The summed E-state index contributed by atoms with van der Waals surface area (Å²) in [6.07, 6.45) is -4.41. The minimum absolute atomic E-state index is 0.273. The first kappa shape index (κ1) is 11.0. The van der Waals surface area contributed by atoms with Gasteiger partial charge in [-0.3, -0.25) is 0 Å². The predicted octanol–water partition coefficient (Wildman–Crippen LogP) is 1.07. The molecule has 0 atom stereocenters. The number of aryl methyl sites for hydroxylation is 1. The van der Waals surface area contributed by atoms with Crippen LogP contribution in [0.15, 0.2) is 4.52 Å². The van der Waals surface area contributed by atoms with Crippen LogP contribution in [0.4, 0.5) is 13.2 Å². The average molecular weight is 209 g/mol. The Kier molecular flexibility index (Phi) is 3.45. The molecule has 2 N–H and O–H groups in total. The van der Waals surface area contributed by atoms with Crippen LogP contribution in [-0.4, -0.2) is 22.9 Å². The molecule has 1 aromatic rings. The van der Waals surface area contributed by atoms with Crippen LogP contribution >= 0.6 is 0 Å². The molecule has 1 heterocycles. The van der Waals surface area contributed by atoms with Gasteiger partial charge in [0.25, 0.3) is 0 Å². The van der Waals surface area contributed by atoms with Gasteiger partial charge < -0.3 is 10.3 Å². The van der Waals surface area contributed by atoms with Gasteiger partial charge in [0, 0.05) is 6.42 Å². The molecule has 0 aliphatic rings. The van der Waals surface area contributed by atoms with Crippen LogP contribution in [0.25, 0.3) is 0 Å². The van der Waals surface area contributed by atoms with E-state index in [1.54, 1.807) is 0 Å². The summed E-state index contributed by atoms with van der Waals surface area (Å²) in [5.41, 5.74) is 5.22. The van der Waals surface area contributed by atoms with Gasteiger partial charge >= 0.3 is 6.18 Å². The summed E-state index contributed by atoms with van der Waals surface area (Å²) in [4.78, 5) is 3.58. The van der Waals surface area contributed by atoms with E-state index in [1.807, 2.05) is 0 Å². The Hall–Kier alpha value is -1.11. The van der Waals surface area contributed by atoms with Gasteiger partial charge in [-0.15, -0.1) is 0 Å². The van der Waals surface area contributed by atoms with E-state index in [1.165, 1.54) is 0 Å².